The van der Waals surface area contributed by atoms with E-state index >= 15 is 0 Å². The van der Waals surface area contributed by atoms with Gasteiger partial charge in [-0.25, -0.2) is 19.6 Å². The van der Waals surface area contributed by atoms with Crippen molar-refractivity contribution in [2.24, 2.45) is 17.8 Å². The largest absolute Gasteiger partial charge is 0.488 e. The van der Waals surface area contributed by atoms with Gasteiger partial charge in [-0.3, -0.25) is 9.59 Å². The summed E-state index contributed by atoms with van der Waals surface area (Å²) in [5, 5.41) is 7.42. The Labute approximate surface area is 364 Å². The van der Waals surface area contributed by atoms with E-state index in [0.29, 0.717) is 36.9 Å². The van der Waals surface area contributed by atoms with Crippen LogP contribution in [0.3, 0.4) is 0 Å². The number of benzene rings is 4. The fourth-order valence-corrected chi connectivity index (χ4v) is 9.53. The van der Waals surface area contributed by atoms with Gasteiger partial charge in [0, 0.05) is 24.0 Å². The quantitative estimate of drug-likeness (QED) is 0.112. The number of likely N-dealkylation sites (tertiary alicyclic amines) is 2. The summed E-state index contributed by atoms with van der Waals surface area (Å²) < 4.78 is 16.1. The van der Waals surface area contributed by atoms with Crippen LogP contribution in [0.1, 0.15) is 81.4 Å². The molecule has 2 aromatic heterocycles. The molecule has 1 unspecified atom stereocenters. The van der Waals surface area contributed by atoms with Crippen LogP contribution in [-0.2, 0) is 25.7 Å². The van der Waals surface area contributed by atoms with Gasteiger partial charge in [-0.1, -0.05) is 76.2 Å². The van der Waals surface area contributed by atoms with Gasteiger partial charge in [-0.2, -0.15) is 0 Å². The monoisotopic (exact) mass is 852 g/mol. The average Bonchev–Trinajstić information content (AvgIpc) is 4.12. The number of nitrogens with one attached hydrogen (secondary N) is 4. The number of nitrogens with zero attached hydrogens (tertiary/aromatic N) is 4. The van der Waals surface area contributed by atoms with Crippen molar-refractivity contribution in [2.45, 2.75) is 71.3 Å². The SMILES string of the molecule is COC(=O)NC(C(=O)N1C[C@@H](C)C[C@H]1c1ncc(-c2ccc3c(c2)COc2cc4c(ccc5[nH]c([C@@H]6C[C@H](C)CN6C(=O)[C@@H](NC(=O)OC)C(C)C)nc54)cc2-3)[nH]1)c1ccccc1. The molecule has 4 aromatic carbocycles. The van der Waals surface area contributed by atoms with Gasteiger partial charge in [-0.05, 0) is 82.5 Å². The van der Waals surface area contributed by atoms with E-state index in [1.54, 1.807) is 4.90 Å². The Morgan fingerprint density at radius 1 is 0.794 bits per heavy atom. The Morgan fingerprint density at radius 3 is 2.21 bits per heavy atom. The zero-order valence-electron chi connectivity index (χ0n) is 36.2. The molecular formula is C48H52N8O7. The number of alkyl carbamates (subject to hydrolysis) is 2. The Morgan fingerprint density at radius 2 is 1.49 bits per heavy atom. The number of rotatable bonds is 9. The second kappa shape index (κ2) is 16.8. The molecule has 0 bridgehead atoms. The molecule has 0 spiro atoms. The first-order chi connectivity index (χ1) is 30.4. The van der Waals surface area contributed by atoms with Gasteiger partial charge < -0.3 is 44.6 Å². The topological polar surface area (TPSA) is 184 Å². The molecule has 3 aliphatic heterocycles. The van der Waals surface area contributed by atoms with Gasteiger partial charge in [0.2, 0.25) is 5.91 Å². The molecule has 9 rings (SSSR count). The van der Waals surface area contributed by atoms with E-state index in [-0.39, 0.29) is 41.7 Å². The third-order valence-electron chi connectivity index (χ3n) is 12.7. The zero-order valence-corrected chi connectivity index (χ0v) is 36.2. The van der Waals surface area contributed by atoms with Gasteiger partial charge in [0.25, 0.3) is 5.91 Å². The molecule has 63 heavy (non-hydrogen) atoms. The molecule has 0 aliphatic carbocycles. The molecule has 3 aliphatic rings. The molecule has 0 saturated carbocycles. The molecule has 6 atom stereocenters. The fraction of sp³-hybridized carbons (Fsp3) is 0.375. The van der Waals surface area contributed by atoms with Crippen LogP contribution in [0.5, 0.6) is 5.75 Å². The van der Waals surface area contributed by atoms with Crippen LogP contribution < -0.4 is 15.4 Å². The highest BCUT2D eigenvalue weighted by Crippen LogP contribution is 2.44. The number of fused-ring (bicyclic) bond motifs is 6. The van der Waals surface area contributed by atoms with Crippen molar-refractivity contribution in [3.05, 3.63) is 102 Å². The first-order valence-corrected chi connectivity index (χ1v) is 21.5. The maximum absolute atomic E-state index is 14.2. The summed E-state index contributed by atoms with van der Waals surface area (Å²) in [6.07, 6.45) is 1.96. The third-order valence-corrected chi connectivity index (χ3v) is 12.7. The van der Waals surface area contributed by atoms with E-state index in [9.17, 15) is 19.2 Å². The lowest BCUT2D eigenvalue weighted by Crippen LogP contribution is -2.51. The Balaban J connectivity index is 0.967. The third kappa shape index (κ3) is 7.80. The smallest absolute Gasteiger partial charge is 0.407 e. The van der Waals surface area contributed by atoms with Crippen LogP contribution in [0.2, 0.25) is 0 Å². The number of aromatic nitrogens is 4. The molecule has 2 saturated heterocycles. The number of carbonyl (C=O) groups excluding carboxylic acids is 4. The average molecular weight is 853 g/mol. The minimum absolute atomic E-state index is 0.135. The fourth-order valence-electron chi connectivity index (χ4n) is 9.53. The lowest BCUT2D eigenvalue weighted by atomic mass is 9.92. The van der Waals surface area contributed by atoms with Crippen molar-refractivity contribution in [1.29, 1.82) is 0 Å². The molecule has 326 valence electrons. The van der Waals surface area contributed by atoms with Crippen LogP contribution in [0, 0.1) is 17.8 Å². The molecule has 2 fully saturated rings. The summed E-state index contributed by atoms with van der Waals surface area (Å²) in [7, 11) is 2.58. The lowest BCUT2D eigenvalue weighted by molar-refractivity contribution is -0.136. The van der Waals surface area contributed by atoms with Crippen molar-refractivity contribution in [2.75, 3.05) is 27.3 Å². The first kappa shape index (κ1) is 41.5. The van der Waals surface area contributed by atoms with Crippen molar-refractivity contribution >= 4 is 45.8 Å². The Bertz CT molecular complexity index is 2730. The minimum atomic E-state index is -0.907. The van der Waals surface area contributed by atoms with Gasteiger partial charge in [0.1, 0.15) is 36.1 Å². The number of H-pyrrole nitrogens is 2. The molecule has 15 nitrogen and oxygen atoms in total. The highest BCUT2D eigenvalue weighted by molar-refractivity contribution is 6.07. The maximum Gasteiger partial charge on any atom is 0.407 e. The lowest BCUT2D eigenvalue weighted by Gasteiger charge is -2.30. The van der Waals surface area contributed by atoms with Gasteiger partial charge in [0.05, 0.1) is 49.2 Å². The minimum Gasteiger partial charge on any atom is -0.488 e. The van der Waals surface area contributed by atoms with E-state index in [1.807, 2.05) is 61.3 Å². The number of amides is 4. The summed E-state index contributed by atoms with van der Waals surface area (Å²) in [5.41, 5.74) is 7.20. The van der Waals surface area contributed by atoms with E-state index in [4.69, 9.17) is 24.2 Å². The summed E-state index contributed by atoms with van der Waals surface area (Å²) in [6.45, 7) is 9.50. The molecule has 4 N–H and O–H groups in total. The summed E-state index contributed by atoms with van der Waals surface area (Å²) in [5.74, 6) is 2.12. The van der Waals surface area contributed by atoms with Crippen molar-refractivity contribution in [3.8, 4) is 28.1 Å². The number of ether oxygens (including phenoxy) is 3. The highest BCUT2D eigenvalue weighted by Gasteiger charge is 2.42. The highest BCUT2D eigenvalue weighted by atomic mass is 16.5. The predicted molar refractivity (Wildman–Crippen MR) is 236 cm³/mol. The van der Waals surface area contributed by atoms with E-state index in [2.05, 4.69) is 70.8 Å². The molecule has 6 aromatic rings. The standard InChI is InChI=1S/C48H52N8O7/c1-25(2)40(53-47(59)61-5)45(57)56-23-27(4)17-38(56)44-50-35-15-13-29-19-34-32-14-12-30(18-31(32)24-63-39(34)20-33(29)42(35)52-44)36-21-49-43(51-36)37-16-26(3)22-55(37)46(58)41(54-48(60)62-6)28-10-8-7-9-11-28/h7-15,18-21,25-27,37-38,40-41H,16-17,22-24H2,1-6H3,(H,49,51)(H,50,52)(H,53,59)(H,54,60)/t26-,27-,37-,38-,40-,41?/m0/s1. The van der Waals surface area contributed by atoms with Crippen molar-refractivity contribution in [1.82, 2.24) is 40.4 Å². The number of hydrogen-bond acceptors (Lipinski definition) is 9. The molecule has 5 heterocycles. The molecular weight excluding hydrogens is 801 g/mol. The van der Waals surface area contributed by atoms with Crippen LogP contribution in [0.4, 0.5) is 9.59 Å². The number of aromatic amines is 2. The van der Waals surface area contributed by atoms with Gasteiger partial charge >= 0.3 is 12.2 Å². The van der Waals surface area contributed by atoms with Crippen molar-refractivity contribution < 1.29 is 33.4 Å². The Kier molecular flexibility index (Phi) is 11.0. The molecule has 15 heteroatoms. The number of carbonyl (C=O) groups is 4. The summed E-state index contributed by atoms with van der Waals surface area (Å²) >= 11 is 0. The number of imidazole rings is 2. The normalized spacial score (nSPS) is 20.2. The number of hydrogen-bond donors (Lipinski definition) is 4. The van der Waals surface area contributed by atoms with Crippen LogP contribution >= 0.6 is 0 Å². The zero-order chi connectivity index (χ0) is 44.1. The summed E-state index contributed by atoms with van der Waals surface area (Å²) in [6, 6.07) is 21.6. The van der Waals surface area contributed by atoms with Crippen LogP contribution in [0.15, 0.2) is 79.0 Å². The van der Waals surface area contributed by atoms with Crippen LogP contribution in [-0.4, -0.2) is 87.1 Å². The van der Waals surface area contributed by atoms with Gasteiger partial charge in [0.15, 0.2) is 0 Å². The second-order valence-electron chi connectivity index (χ2n) is 17.5. The molecule has 0 radical (unpaired) electrons. The Hall–Kier alpha value is -6.90. The number of methoxy groups -OCH3 is 2. The predicted octanol–water partition coefficient (Wildman–Crippen LogP) is 7.96. The van der Waals surface area contributed by atoms with E-state index in [0.717, 1.165) is 68.3 Å². The van der Waals surface area contributed by atoms with Gasteiger partial charge in [-0.15, -0.1) is 0 Å². The maximum atomic E-state index is 14.2. The van der Waals surface area contributed by atoms with E-state index < -0.39 is 24.3 Å². The van der Waals surface area contributed by atoms with E-state index in [1.165, 1.54) is 14.2 Å². The summed E-state index contributed by atoms with van der Waals surface area (Å²) in [4.78, 5) is 73.2. The first-order valence-electron chi connectivity index (χ1n) is 21.5. The second-order valence-corrected chi connectivity index (χ2v) is 17.5. The molecule has 4 amide bonds. The van der Waals surface area contributed by atoms with Crippen LogP contribution in [0.25, 0.3) is 44.2 Å². The van der Waals surface area contributed by atoms with Crippen molar-refractivity contribution in [3.63, 3.8) is 0 Å².